The number of fused-ring (bicyclic) bond motifs is 1. The van der Waals surface area contributed by atoms with Gasteiger partial charge in [0.2, 0.25) is 0 Å². The first kappa shape index (κ1) is 15.9. The van der Waals surface area contributed by atoms with Crippen molar-refractivity contribution in [3.8, 4) is 5.75 Å². The molecule has 0 amide bonds. The van der Waals surface area contributed by atoms with E-state index >= 15 is 0 Å². The molecule has 0 atom stereocenters. The zero-order chi connectivity index (χ0) is 15.9. The molecule has 118 valence electrons. The van der Waals surface area contributed by atoms with Crippen molar-refractivity contribution in [1.82, 2.24) is 4.98 Å². The van der Waals surface area contributed by atoms with Crippen molar-refractivity contribution in [2.45, 2.75) is 24.8 Å². The number of hydrogen-bond donors (Lipinski definition) is 0. The van der Waals surface area contributed by atoms with Crippen molar-refractivity contribution in [1.29, 1.82) is 0 Å². The Morgan fingerprint density at radius 2 is 1.74 bits per heavy atom. The number of hydrogen-bond acceptors (Lipinski definition) is 3. The van der Waals surface area contributed by atoms with Gasteiger partial charge in [0.05, 0.1) is 17.1 Å². The van der Waals surface area contributed by atoms with Gasteiger partial charge in [0.15, 0.2) is 0 Å². The van der Waals surface area contributed by atoms with Crippen molar-refractivity contribution in [2.24, 2.45) is 0 Å². The normalized spacial score (nSPS) is 10.8. The minimum Gasteiger partial charge on any atom is -0.494 e. The van der Waals surface area contributed by atoms with Crippen LogP contribution in [0.15, 0.2) is 65.7 Å². The molecule has 0 bridgehead atoms. The summed E-state index contributed by atoms with van der Waals surface area (Å²) in [4.78, 5) is 4.73. The average Bonchev–Trinajstić information content (AvgIpc) is 2.59. The van der Waals surface area contributed by atoms with Gasteiger partial charge in [-0.05, 0) is 55.3 Å². The Hall–Kier alpha value is -2.00. The Kier molecular flexibility index (Phi) is 5.54. The van der Waals surface area contributed by atoms with Crippen LogP contribution in [-0.4, -0.2) is 17.3 Å². The monoisotopic (exact) mass is 323 g/mol. The number of nitrogens with zero attached hydrogens (tertiary/aromatic N) is 1. The molecule has 0 saturated heterocycles. The third-order valence-electron chi connectivity index (χ3n) is 3.70. The van der Waals surface area contributed by atoms with Crippen LogP contribution in [0.1, 0.15) is 18.4 Å². The smallest absolute Gasteiger partial charge is 0.119 e. The highest BCUT2D eigenvalue weighted by Gasteiger charge is 2.03. The van der Waals surface area contributed by atoms with E-state index in [0.29, 0.717) is 0 Å². The molecule has 0 saturated carbocycles. The van der Waals surface area contributed by atoms with Crippen molar-refractivity contribution >= 4 is 22.7 Å². The van der Waals surface area contributed by atoms with E-state index < -0.39 is 0 Å². The lowest BCUT2D eigenvalue weighted by Gasteiger charge is -2.07. The number of rotatable bonds is 7. The second-order valence-corrected chi connectivity index (χ2v) is 6.63. The van der Waals surface area contributed by atoms with Crippen molar-refractivity contribution in [2.75, 3.05) is 12.4 Å². The molecule has 3 aromatic rings. The SMILES string of the molecule is Cc1cc(SCCCCOc2ccccc2)nc2ccccc12. The van der Waals surface area contributed by atoms with Crippen molar-refractivity contribution in [3.05, 3.63) is 66.2 Å². The number of aromatic nitrogens is 1. The molecule has 0 spiro atoms. The van der Waals surface area contributed by atoms with Gasteiger partial charge in [0.25, 0.3) is 0 Å². The molecule has 0 aliphatic heterocycles. The van der Waals surface area contributed by atoms with Crippen LogP contribution in [-0.2, 0) is 0 Å². The topological polar surface area (TPSA) is 22.1 Å². The Morgan fingerprint density at radius 3 is 2.61 bits per heavy atom. The highest BCUT2D eigenvalue weighted by atomic mass is 32.2. The molecule has 0 fully saturated rings. The molecule has 0 N–H and O–H groups in total. The third kappa shape index (κ3) is 4.49. The minimum atomic E-state index is 0.773. The summed E-state index contributed by atoms with van der Waals surface area (Å²) in [6, 6.07) is 20.5. The lowest BCUT2D eigenvalue weighted by atomic mass is 10.1. The number of ether oxygens (including phenoxy) is 1. The van der Waals surface area contributed by atoms with Gasteiger partial charge in [-0.15, -0.1) is 11.8 Å². The first-order valence-corrected chi connectivity index (χ1v) is 8.98. The lowest BCUT2D eigenvalue weighted by molar-refractivity contribution is 0.310. The van der Waals surface area contributed by atoms with Crippen LogP contribution >= 0.6 is 11.8 Å². The highest BCUT2D eigenvalue weighted by Crippen LogP contribution is 2.24. The molecule has 0 radical (unpaired) electrons. The summed E-state index contributed by atoms with van der Waals surface area (Å²) in [5.41, 5.74) is 2.38. The predicted octanol–water partition coefficient (Wildman–Crippen LogP) is 5.49. The van der Waals surface area contributed by atoms with E-state index in [-0.39, 0.29) is 0 Å². The van der Waals surface area contributed by atoms with Crippen LogP contribution in [0.4, 0.5) is 0 Å². The van der Waals surface area contributed by atoms with Crippen LogP contribution in [0.5, 0.6) is 5.75 Å². The molecule has 2 aromatic carbocycles. The van der Waals surface area contributed by atoms with Gasteiger partial charge < -0.3 is 4.74 Å². The van der Waals surface area contributed by atoms with Crippen LogP contribution in [0.3, 0.4) is 0 Å². The first-order chi connectivity index (χ1) is 11.3. The van der Waals surface area contributed by atoms with Crippen molar-refractivity contribution in [3.63, 3.8) is 0 Å². The second-order valence-electron chi connectivity index (χ2n) is 5.51. The molecule has 1 aromatic heterocycles. The molecule has 0 aliphatic rings. The largest absolute Gasteiger partial charge is 0.494 e. The number of benzene rings is 2. The Bertz CT molecular complexity index is 758. The van der Waals surface area contributed by atoms with Gasteiger partial charge in [0.1, 0.15) is 5.75 Å². The summed E-state index contributed by atoms with van der Waals surface area (Å²) in [5.74, 6) is 2.02. The second kappa shape index (κ2) is 8.02. The highest BCUT2D eigenvalue weighted by molar-refractivity contribution is 7.99. The fourth-order valence-electron chi connectivity index (χ4n) is 2.48. The van der Waals surface area contributed by atoms with Gasteiger partial charge in [0, 0.05) is 5.39 Å². The standard InChI is InChI=1S/C20H21NOS/c1-16-15-20(21-19-12-6-5-11-18(16)19)23-14-8-7-13-22-17-9-3-2-4-10-17/h2-6,9-12,15H,7-8,13-14H2,1H3. The zero-order valence-electron chi connectivity index (χ0n) is 13.4. The van der Waals surface area contributed by atoms with Crippen LogP contribution < -0.4 is 4.74 Å². The van der Waals surface area contributed by atoms with Crippen LogP contribution in [0, 0.1) is 6.92 Å². The Labute approximate surface area is 141 Å². The van der Waals surface area contributed by atoms with Gasteiger partial charge in [-0.25, -0.2) is 4.98 Å². The maximum atomic E-state index is 5.71. The van der Waals surface area contributed by atoms with E-state index in [4.69, 9.17) is 9.72 Å². The summed E-state index contributed by atoms with van der Waals surface area (Å²) in [6.45, 7) is 2.93. The number of aryl methyl sites for hydroxylation is 1. The van der Waals surface area contributed by atoms with E-state index in [1.54, 1.807) is 0 Å². The van der Waals surface area contributed by atoms with E-state index in [0.717, 1.165) is 41.5 Å². The summed E-state index contributed by atoms with van der Waals surface area (Å²) in [6.07, 6.45) is 2.19. The summed E-state index contributed by atoms with van der Waals surface area (Å²) < 4.78 is 5.71. The van der Waals surface area contributed by atoms with Gasteiger partial charge in [-0.1, -0.05) is 36.4 Å². The minimum absolute atomic E-state index is 0.773. The number of unbranched alkanes of at least 4 members (excludes halogenated alkanes) is 1. The van der Waals surface area contributed by atoms with Crippen molar-refractivity contribution < 1.29 is 4.74 Å². The average molecular weight is 323 g/mol. The maximum Gasteiger partial charge on any atom is 0.119 e. The summed E-state index contributed by atoms with van der Waals surface area (Å²) in [5, 5.41) is 2.36. The zero-order valence-corrected chi connectivity index (χ0v) is 14.2. The van der Waals surface area contributed by atoms with E-state index in [2.05, 4.69) is 31.2 Å². The van der Waals surface area contributed by atoms with Gasteiger partial charge in [-0.3, -0.25) is 0 Å². The molecular weight excluding hydrogens is 302 g/mol. The Balaban J connectivity index is 1.44. The van der Waals surface area contributed by atoms with Gasteiger partial charge in [-0.2, -0.15) is 0 Å². The molecule has 23 heavy (non-hydrogen) atoms. The first-order valence-electron chi connectivity index (χ1n) is 8.00. The van der Waals surface area contributed by atoms with Gasteiger partial charge >= 0.3 is 0 Å². The van der Waals surface area contributed by atoms with E-state index in [9.17, 15) is 0 Å². The maximum absolute atomic E-state index is 5.71. The molecule has 0 unspecified atom stereocenters. The van der Waals surface area contributed by atoms with E-state index in [1.807, 2.05) is 48.2 Å². The summed E-state index contributed by atoms with van der Waals surface area (Å²) >= 11 is 1.83. The quantitative estimate of drug-likeness (QED) is 0.424. The number of para-hydroxylation sites is 2. The fourth-order valence-corrected chi connectivity index (χ4v) is 3.46. The molecule has 3 heteroatoms. The third-order valence-corrected chi connectivity index (χ3v) is 4.70. The van der Waals surface area contributed by atoms with Crippen LogP contribution in [0.25, 0.3) is 10.9 Å². The number of thioether (sulfide) groups is 1. The molecule has 3 rings (SSSR count). The number of pyridine rings is 1. The molecular formula is C20H21NOS. The lowest BCUT2D eigenvalue weighted by Crippen LogP contribution is -1.97. The predicted molar refractivity (Wildman–Crippen MR) is 98.4 cm³/mol. The van der Waals surface area contributed by atoms with E-state index in [1.165, 1.54) is 10.9 Å². The molecule has 1 heterocycles. The fraction of sp³-hybridized carbons (Fsp3) is 0.250. The molecule has 0 aliphatic carbocycles. The summed E-state index contributed by atoms with van der Waals surface area (Å²) in [7, 11) is 0. The molecule has 2 nitrogen and oxygen atoms in total. The van der Waals surface area contributed by atoms with Crippen LogP contribution in [0.2, 0.25) is 0 Å². The Morgan fingerprint density at radius 1 is 0.957 bits per heavy atom.